The van der Waals surface area contributed by atoms with Gasteiger partial charge in [0, 0.05) is 12.1 Å². The van der Waals surface area contributed by atoms with Gasteiger partial charge < -0.3 is 9.63 Å². The number of halogens is 2. The number of benzene rings is 1. The van der Waals surface area contributed by atoms with Crippen molar-refractivity contribution in [2.24, 2.45) is 0 Å². The first-order chi connectivity index (χ1) is 8.97. The number of aromatic carboxylic acids is 1. The summed E-state index contributed by atoms with van der Waals surface area (Å²) in [5.41, 5.74) is -0.229. The summed E-state index contributed by atoms with van der Waals surface area (Å²) in [7, 11) is 0. The fraction of sp³-hybridized carbons (Fsp3) is 0.0833. The van der Waals surface area contributed by atoms with Crippen molar-refractivity contribution in [2.45, 2.75) is 6.42 Å². The molecule has 5 nitrogen and oxygen atoms in total. The average Bonchev–Trinajstić information content (AvgIpc) is 2.77. The van der Waals surface area contributed by atoms with Crippen molar-refractivity contribution < 1.29 is 28.0 Å². The highest BCUT2D eigenvalue weighted by atomic mass is 19.1. The molecule has 1 aromatic heterocycles. The van der Waals surface area contributed by atoms with Crippen molar-refractivity contribution >= 4 is 11.8 Å². The summed E-state index contributed by atoms with van der Waals surface area (Å²) >= 11 is 0. The molecule has 7 heteroatoms. The molecule has 0 aliphatic rings. The number of hydrogen-bond donors (Lipinski definition) is 1. The third-order valence-electron chi connectivity index (χ3n) is 2.34. The Labute approximate surface area is 105 Å². The van der Waals surface area contributed by atoms with Crippen LogP contribution in [0.15, 0.2) is 28.8 Å². The topological polar surface area (TPSA) is 80.4 Å². The standard InChI is InChI=1S/C12H7F2NO4/c13-6-1-2-8(9(14)3-6)10(16)4-7-5-11(12(17)18)19-15-7/h1-3,5H,4H2,(H,17,18). The number of ketones is 1. The van der Waals surface area contributed by atoms with Gasteiger partial charge >= 0.3 is 5.97 Å². The van der Waals surface area contributed by atoms with E-state index in [1.165, 1.54) is 0 Å². The quantitative estimate of drug-likeness (QED) is 0.858. The molecule has 2 aromatic rings. The van der Waals surface area contributed by atoms with E-state index in [0.717, 1.165) is 18.2 Å². The van der Waals surface area contributed by atoms with Gasteiger partial charge in [0.25, 0.3) is 0 Å². The number of aromatic nitrogens is 1. The third-order valence-corrected chi connectivity index (χ3v) is 2.34. The summed E-state index contributed by atoms with van der Waals surface area (Å²) < 4.78 is 30.5. The molecule has 0 amide bonds. The van der Waals surface area contributed by atoms with Gasteiger partial charge in [-0.05, 0) is 12.1 Å². The van der Waals surface area contributed by atoms with Crippen LogP contribution in [-0.4, -0.2) is 22.0 Å². The van der Waals surface area contributed by atoms with Crippen LogP contribution in [0.4, 0.5) is 8.78 Å². The van der Waals surface area contributed by atoms with Crippen LogP contribution in [0.25, 0.3) is 0 Å². The zero-order valence-corrected chi connectivity index (χ0v) is 9.39. The monoisotopic (exact) mass is 267 g/mol. The minimum absolute atomic E-state index is 0.0612. The summed E-state index contributed by atoms with van der Waals surface area (Å²) in [5.74, 6) is -4.15. The van der Waals surface area contributed by atoms with E-state index in [0.29, 0.717) is 6.07 Å². The van der Waals surface area contributed by atoms with Gasteiger partial charge in [-0.1, -0.05) is 5.16 Å². The molecule has 0 atom stereocenters. The van der Waals surface area contributed by atoms with Crippen LogP contribution in [0.2, 0.25) is 0 Å². The molecule has 0 radical (unpaired) electrons. The second kappa shape index (κ2) is 4.97. The lowest BCUT2D eigenvalue weighted by Crippen LogP contribution is -2.06. The molecular formula is C12H7F2NO4. The van der Waals surface area contributed by atoms with Crippen molar-refractivity contribution in [3.05, 3.63) is 52.9 Å². The number of Topliss-reactive ketones (excluding diaryl/α,β-unsaturated/α-hetero) is 1. The van der Waals surface area contributed by atoms with Crippen molar-refractivity contribution in [3.63, 3.8) is 0 Å². The molecule has 0 unspecified atom stereocenters. The summed E-state index contributed by atoms with van der Waals surface area (Å²) in [6, 6.07) is 3.65. The molecule has 0 aliphatic heterocycles. The molecule has 1 N–H and O–H groups in total. The van der Waals surface area contributed by atoms with E-state index in [1.807, 2.05) is 0 Å². The minimum Gasteiger partial charge on any atom is -0.475 e. The Balaban J connectivity index is 2.18. The Hall–Kier alpha value is -2.57. The Kier molecular flexibility index (Phi) is 3.37. The number of carboxylic acid groups (broad SMARTS) is 1. The molecule has 98 valence electrons. The lowest BCUT2D eigenvalue weighted by atomic mass is 10.1. The first kappa shape index (κ1) is 12.9. The number of hydrogen-bond acceptors (Lipinski definition) is 4. The molecule has 0 fully saturated rings. The Bertz CT molecular complexity index is 651. The maximum Gasteiger partial charge on any atom is 0.374 e. The normalized spacial score (nSPS) is 10.4. The van der Waals surface area contributed by atoms with E-state index in [9.17, 15) is 18.4 Å². The predicted octanol–water partition coefficient (Wildman–Crippen LogP) is 2.08. The van der Waals surface area contributed by atoms with Crippen LogP contribution in [0.5, 0.6) is 0 Å². The molecule has 19 heavy (non-hydrogen) atoms. The van der Waals surface area contributed by atoms with E-state index < -0.39 is 29.1 Å². The first-order valence-corrected chi connectivity index (χ1v) is 5.14. The Morgan fingerprint density at radius 3 is 2.58 bits per heavy atom. The van der Waals surface area contributed by atoms with Crippen LogP contribution in [0, 0.1) is 11.6 Å². The van der Waals surface area contributed by atoms with Crippen molar-refractivity contribution in [2.75, 3.05) is 0 Å². The van der Waals surface area contributed by atoms with Crippen LogP contribution in [0.3, 0.4) is 0 Å². The fourth-order valence-electron chi connectivity index (χ4n) is 1.47. The highest BCUT2D eigenvalue weighted by Gasteiger charge is 2.17. The van der Waals surface area contributed by atoms with Crippen molar-refractivity contribution in [1.82, 2.24) is 5.16 Å². The summed E-state index contributed by atoms with van der Waals surface area (Å²) in [6.45, 7) is 0. The molecule has 0 spiro atoms. The largest absolute Gasteiger partial charge is 0.475 e. The molecule has 0 bridgehead atoms. The molecule has 2 rings (SSSR count). The van der Waals surface area contributed by atoms with Gasteiger partial charge in [0.1, 0.15) is 11.6 Å². The molecule has 1 aromatic carbocycles. The highest BCUT2D eigenvalue weighted by Crippen LogP contribution is 2.13. The smallest absolute Gasteiger partial charge is 0.374 e. The Morgan fingerprint density at radius 2 is 2.00 bits per heavy atom. The predicted molar refractivity (Wildman–Crippen MR) is 57.9 cm³/mol. The van der Waals surface area contributed by atoms with E-state index >= 15 is 0 Å². The van der Waals surface area contributed by atoms with E-state index in [4.69, 9.17) is 5.11 Å². The van der Waals surface area contributed by atoms with Gasteiger partial charge in [0.05, 0.1) is 17.7 Å². The summed E-state index contributed by atoms with van der Waals surface area (Å²) in [6.07, 6.45) is -0.334. The van der Waals surface area contributed by atoms with Gasteiger partial charge in [-0.15, -0.1) is 0 Å². The lowest BCUT2D eigenvalue weighted by Gasteiger charge is -2.00. The van der Waals surface area contributed by atoms with Gasteiger partial charge in [0.2, 0.25) is 5.76 Å². The molecular weight excluding hydrogens is 260 g/mol. The van der Waals surface area contributed by atoms with E-state index in [-0.39, 0.29) is 17.7 Å². The second-order valence-electron chi connectivity index (χ2n) is 3.71. The Morgan fingerprint density at radius 1 is 1.26 bits per heavy atom. The van der Waals surface area contributed by atoms with Crippen LogP contribution in [-0.2, 0) is 6.42 Å². The number of carboxylic acids is 1. The maximum atomic E-state index is 13.3. The summed E-state index contributed by atoms with van der Waals surface area (Å²) in [5, 5.41) is 12.0. The minimum atomic E-state index is -1.32. The average molecular weight is 267 g/mol. The zero-order valence-electron chi connectivity index (χ0n) is 9.39. The first-order valence-electron chi connectivity index (χ1n) is 5.14. The van der Waals surface area contributed by atoms with Crippen LogP contribution < -0.4 is 0 Å². The van der Waals surface area contributed by atoms with Crippen molar-refractivity contribution in [1.29, 1.82) is 0 Å². The highest BCUT2D eigenvalue weighted by molar-refractivity contribution is 5.97. The van der Waals surface area contributed by atoms with Gasteiger partial charge in [-0.2, -0.15) is 0 Å². The number of rotatable bonds is 4. The maximum absolute atomic E-state index is 13.3. The molecule has 0 aliphatic carbocycles. The number of carbonyl (C=O) groups is 2. The van der Waals surface area contributed by atoms with E-state index in [1.54, 1.807) is 0 Å². The zero-order chi connectivity index (χ0) is 14.0. The third kappa shape index (κ3) is 2.82. The molecule has 0 saturated heterocycles. The number of nitrogens with zero attached hydrogens (tertiary/aromatic N) is 1. The molecule has 0 saturated carbocycles. The van der Waals surface area contributed by atoms with Crippen LogP contribution in [0.1, 0.15) is 26.6 Å². The van der Waals surface area contributed by atoms with E-state index in [2.05, 4.69) is 9.68 Å². The van der Waals surface area contributed by atoms with Crippen LogP contribution >= 0.6 is 0 Å². The summed E-state index contributed by atoms with van der Waals surface area (Å²) in [4.78, 5) is 22.3. The van der Waals surface area contributed by atoms with Gasteiger partial charge in [0.15, 0.2) is 5.78 Å². The second-order valence-corrected chi connectivity index (χ2v) is 3.71. The van der Waals surface area contributed by atoms with Gasteiger partial charge in [-0.3, -0.25) is 4.79 Å². The SMILES string of the molecule is O=C(O)c1cc(CC(=O)c2ccc(F)cc2F)no1. The molecule has 1 heterocycles. The number of carbonyl (C=O) groups excluding carboxylic acids is 1. The van der Waals surface area contributed by atoms with Gasteiger partial charge in [-0.25, -0.2) is 13.6 Å². The fourth-order valence-corrected chi connectivity index (χ4v) is 1.47. The van der Waals surface area contributed by atoms with Crippen molar-refractivity contribution in [3.8, 4) is 0 Å². The lowest BCUT2D eigenvalue weighted by molar-refractivity contribution is 0.0652.